The molecule has 2 unspecified atom stereocenters. The van der Waals surface area contributed by atoms with Crippen LogP contribution in [0.2, 0.25) is 0 Å². The van der Waals surface area contributed by atoms with Crippen LogP contribution in [0.3, 0.4) is 0 Å². The van der Waals surface area contributed by atoms with Crippen molar-refractivity contribution in [2.24, 2.45) is 5.89 Å². The van der Waals surface area contributed by atoms with Gasteiger partial charge in [0.05, 0.1) is 5.89 Å². The Kier molecular flexibility index (Phi) is 4.94. The van der Waals surface area contributed by atoms with Crippen molar-refractivity contribution in [3.8, 4) is 0 Å². The molecule has 108 valence electrons. The molecule has 0 aliphatic rings. The van der Waals surface area contributed by atoms with Crippen LogP contribution >= 0.6 is 0 Å². The summed E-state index contributed by atoms with van der Waals surface area (Å²) in [6.45, 7) is 0.784. The number of carboxylic acids is 2. The second-order valence-corrected chi connectivity index (χ2v) is 3.97. The van der Waals surface area contributed by atoms with Crippen LogP contribution in [0, 0.1) is 5.89 Å². The monoisotopic (exact) mass is 282 g/mol. The highest BCUT2D eigenvalue weighted by molar-refractivity contribution is 5.85. The SMILES string of the molecule is [2H]C(C)(C(=O)O)C(NC(=O)OCc1ccccc1)C(=O)O. The van der Waals surface area contributed by atoms with Gasteiger partial charge in [0.15, 0.2) is 0 Å². The lowest BCUT2D eigenvalue weighted by Crippen LogP contribution is -2.47. The summed E-state index contributed by atoms with van der Waals surface area (Å²) in [5.74, 6) is -5.72. The molecule has 0 radical (unpaired) electrons. The lowest BCUT2D eigenvalue weighted by atomic mass is 10.0. The topological polar surface area (TPSA) is 113 Å². The Morgan fingerprint density at radius 3 is 2.35 bits per heavy atom. The van der Waals surface area contributed by atoms with Crippen LogP contribution in [0.25, 0.3) is 0 Å². The molecular weight excluding hydrogens is 266 g/mol. The van der Waals surface area contributed by atoms with Crippen LogP contribution in [0.4, 0.5) is 4.79 Å². The van der Waals surface area contributed by atoms with Gasteiger partial charge in [-0.05, 0) is 12.5 Å². The lowest BCUT2D eigenvalue weighted by molar-refractivity contribution is -0.150. The average Bonchev–Trinajstić information content (AvgIpc) is 2.43. The van der Waals surface area contributed by atoms with Crippen LogP contribution in [-0.4, -0.2) is 34.3 Å². The number of carboxylic acid groups (broad SMARTS) is 2. The molecule has 0 heterocycles. The maximum atomic E-state index is 11.5. The van der Waals surface area contributed by atoms with Crippen molar-refractivity contribution in [2.45, 2.75) is 19.6 Å². The number of alkyl carbamates (subject to hydrolysis) is 1. The number of nitrogens with one attached hydrogen (secondary N) is 1. The molecule has 7 heteroatoms. The number of hydrogen-bond acceptors (Lipinski definition) is 4. The fraction of sp³-hybridized carbons (Fsp3) is 0.308. The minimum Gasteiger partial charge on any atom is -0.481 e. The van der Waals surface area contributed by atoms with E-state index in [0.717, 1.165) is 6.92 Å². The summed E-state index contributed by atoms with van der Waals surface area (Å²) >= 11 is 0. The quantitative estimate of drug-likeness (QED) is 0.719. The summed E-state index contributed by atoms with van der Waals surface area (Å²) in [6, 6.07) is 6.73. The highest BCUT2D eigenvalue weighted by atomic mass is 16.5. The van der Waals surface area contributed by atoms with Gasteiger partial charge in [-0.2, -0.15) is 0 Å². The van der Waals surface area contributed by atoms with Gasteiger partial charge in [-0.1, -0.05) is 30.3 Å². The normalized spacial score (nSPS) is 15.3. The molecular formula is C13H15NO6. The van der Waals surface area contributed by atoms with Crippen molar-refractivity contribution in [2.75, 3.05) is 0 Å². The average molecular weight is 282 g/mol. The third-order valence-corrected chi connectivity index (χ3v) is 2.49. The number of hydrogen-bond donors (Lipinski definition) is 3. The molecule has 0 bridgehead atoms. The molecule has 0 aliphatic heterocycles. The van der Waals surface area contributed by atoms with Gasteiger partial charge in [-0.15, -0.1) is 0 Å². The first kappa shape index (κ1) is 13.9. The van der Waals surface area contributed by atoms with Gasteiger partial charge in [0, 0.05) is 1.37 Å². The van der Waals surface area contributed by atoms with E-state index in [9.17, 15) is 14.4 Å². The Balaban J connectivity index is 2.66. The van der Waals surface area contributed by atoms with Gasteiger partial charge in [0.25, 0.3) is 0 Å². The molecule has 0 saturated heterocycles. The van der Waals surface area contributed by atoms with Gasteiger partial charge in [0.2, 0.25) is 0 Å². The van der Waals surface area contributed by atoms with Crippen LogP contribution in [0.1, 0.15) is 13.9 Å². The third kappa shape index (κ3) is 4.60. The number of carbonyl (C=O) groups is 3. The Morgan fingerprint density at radius 2 is 1.85 bits per heavy atom. The molecule has 1 rings (SSSR count). The van der Waals surface area contributed by atoms with Gasteiger partial charge in [0.1, 0.15) is 12.6 Å². The van der Waals surface area contributed by atoms with Gasteiger partial charge in [-0.25, -0.2) is 9.59 Å². The maximum absolute atomic E-state index is 11.5. The van der Waals surface area contributed by atoms with Gasteiger partial charge in [-0.3, -0.25) is 4.79 Å². The first-order valence-corrected chi connectivity index (χ1v) is 5.68. The molecule has 1 aromatic carbocycles. The number of rotatable bonds is 6. The second-order valence-electron chi connectivity index (χ2n) is 3.97. The van der Waals surface area contributed by atoms with E-state index in [1.807, 2.05) is 5.32 Å². The zero-order valence-electron chi connectivity index (χ0n) is 11.7. The molecule has 0 spiro atoms. The van der Waals surface area contributed by atoms with E-state index in [1.54, 1.807) is 30.3 Å². The van der Waals surface area contributed by atoms with E-state index in [0.29, 0.717) is 5.56 Å². The van der Waals surface area contributed by atoms with E-state index >= 15 is 0 Å². The Labute approximate surface area is 116 Å². The van der Waals surface area contributed by atoms with Crippen LogP contribution < -0.4 is 5.32 Å². The predicted octanol–water partition coefficient (Wildman–Crippen LogP) is 1.09. The van der Waals surface area contributed by atoms with Crippen LogP contribution in [0.5, 0.6) is 0 Å². The van der Waals surface area contributed by atoms with Gasteiger partial charge < -0.3 is 20.3 Å². The Hall–Kier alpha value is -2.57. The summed E-state index contributed by atoms with van der Waals surface area (Å²) in [7, 11) is 0. The van der Waals surface area contributed by atoms with Crippen molar-refractivity contribution in [1.29, 1.82) is 0 Å². The Bertz CT molecular complexity index is 531. The molecule has 3 N–H and O–H groups in total. The summed E-state index contributed by atoms with van der Waals surface area (Å²) < 4.78 is 12.3. The first-order chi connectivity index (χ1) is 9.75. The summed E-state index contributed by atoms with van der Waals surface area (Å²) in [5.41, 5.74) is 0.686. The zero-order chi connectivity index (χ0) is 16.0. The summed E-state index contributed by atoms with van der Waals surface area (Å²) in [4.78, 5) is 33.4. The molecule has 0 saturated carbocycles. The molecule has 20 heavy (non-hydrogen) atoms. The molecule has 1 amide bonds. The zero-order valence-corrected chi connectivity index (χ0v) is 10.7. The van der Waals surface area contributed by atoms with Crippen molar-refractivity contribution >= 4 is 18.0 Å². The molecule has 0 aromatic heterocycles. The number of amides is 1. The highest BCUT2D eigenvalue weighted by Crippen LogP contribution is 2.05. The first-order valence-electron chi connectivity index (χ1n) is 6.18. The second kappa shape index (κ2) is 7.13. The molecule has 0 fully saturated rings. The predicted molar refractivity (Wildman–Crippen MR) is 68.0 cm³/mol. The fourth-order valence-electron chi connectivity index (χ4n) is 1.36. The van der Waals surface area contributed by atoms with E-state index < -0.39 is 30.0 Å². The summed E-state index contributed by atoms with van der Waals surface area (Å²) in [5, 5.41) is 19.7. The third-order valence-electron chi connectivity index (χ3n) is 2.49. The molecule has 7 nitrogen and oxygen atoms in total. The van der Waals surface area contributed by atoms with Crippen molar-refractivity contribution < 1.29 is 30.7 Å². The Morgan fingerprint density at radius 1 is 1.25 bits per heavy atom. The van der Waals surface area contributed by atoms with E-state index in [2.05, 4.69) is 0 Å². The minimum absolute atomic E-state index is 0.0964. The standard InChI is InChI=1S/C13H15NO6/c1-8(11(15)16)10(12(17)18)14-13(19)20-7-9-5-3-2-4-6-9/h2-6,8,10H,7H2,1H3,(H,14,19)(H,15,16)(H,17,18)/i8D. The van der Waals surface area contributed by atoms with Crippen LogP contribution in [0.15, 0.2) is 30.3 Å². The van der Waals surface area contributed by atoms with Gasteiger partial charge >= 0.3 is 18.0 Å². The maximum Gasteiger partial charge on any atom is 0.408 e. The van der Waals surface area contributed by atoms with Crippen molar-refractivity contribution in [3.05, 3.63) is 35.9 Å². The summed E-state index contributed by atoms with van der Waals surface area (Å²) in [6.07, 6.45) is -1.11. The number of benzene rings is 1. The number of aliphatic carboxylic acids is 2. The highest BCUT2D eigenvalue weighted by Gasteiger charge is 2.31. The largest absolute Gasteiger partial charge is 0.481 e. The molecule has 0 aliphatic carbocycles. The minimum atomic E-state index is -2.42. The van der Waals surface area contributed by atoms with Crippen molar-refractivity contribution in [3.63, 3.8) is 0 Å². The number of carbonyl (C=O) groups excluding carboxylic acids is 1. The van der Waals surface area contributed by atoms with Crippen molar-refractivity contribution in [1.82, 2.24) is 5.32 Å². The smallest absolute Gasteiger partial charge is 0.408 e. The van der Waals surface area contributed by atoms with E-state index in [-0.39, 0.29) is 6.61 Å². The van der Waals surface area contributed by atoms with E-state index in [4.69, 9.17) is 16.3 Å². The molecule has 2 atom stereocenters. The molecule has 1 aromatic rings. The fourth-order valence-corrected chi connectivity index (χ4v) is 1.36. The van der Waals surface area contributed by atoms with Crippen LogP contribution in [-0.2, 0) is 20.9 Å². The van der Waals surface area contributed by atoms with E-state index in [1.165, 1.54) is 0 Å². The lowest BCUT2D eigenvalue weighted by Gasteiger charge is -2.17. The number of ether oxygens (including phenoxy) is 1.